The van der Waals surface area contributed by atoms with E-state index in [-0.39, 0.29) is 24.7 Å². The highest BCUT2D eigenvalue weighted by Gasteiger charge is 2.33. The molecule has 3 aromatic carbocycles. The zero-order valence-electron chi connectivity index (χ0n) is 22.4. The van der Waals surface area contributed by atoms with Crippen LogP contribution in [0.2, 0.25) is 0 Å². The van der Waals surface area contributed by atoms with Gasteiger partial charge in [-0.2, -0.15) is 0 Å². The molecule has 4 rings (SSSR count). The second-order valence-corrected chi connectivity index (χ2v) is 9.19. The van der Waals surface area contributed by atoms with Crippen molar-refractivity contribution in [3.8, 4) is 23.0 Å². The summed E-state index contributed by atoms with van der Waals surface area (Å²) in [5.41, 5.74) is 3.01. The van der Waals surface area contributed by atoms with Crippen LogP contribution in [0, 0.1) is 0 Å². The third-order valence-corrected chi connectivity index (χ3v) is 6.42. The number of amides is 1. The zero-order chi connectivity index (χ0) is 27.2. The van der Waals surface area contributed by atoms with E-state index in [0.717, 1.165) is 11.1 Å². The highest BCUT2D eigenvalue weighted by atomic mass is 16.5. The predicted octanol–water partition coefficient (Wildman–Crippen LogP) is 5.10. The fourth-order valence-electron chi connectivity index (χ4n) is 4.55. The Bertz CT molecular complexity index is 1270. The van der Waals surface area contributed by atoms with Gasteiger partial charge in [0.2, 0.25) is 0 Å². The minimum atomic E-state index is -0.416. The average Bonchev–Trinajstić information content (AvgIpc) is 2.94. The van der Waals surface area contributed by atoms with Crippen LogP contribution in [0.15, 0.2) is 60.7 Å². The number of ether oxygens (including phenoxy) is 5. The van der Waals surface area contributed by atoms with Gasteiger partial charge in [0.15, 0.2) is 11.5 Å². The summed E-state index contributed by atoms with van der Waals surface area (Å²) in [4.78, 5) is 27.3. The van der Waals surface area contributed by atoms with Crippen LogP contribution < -0.4 is 18.9 Å². The van der Waals surface area contributed by atoms with Crippen LogP contribution in [0.3, 0.4) is 0 Å². The van der Waals surface area contributed by atoms with Gasteiger partial charge in [0, 0.05) is 12.1 Å². The molecule has 8 nitrogen and oxygen atoms in total. The number of rotatable bonds is 9. The van der Waals surface area contributed by atoms with E-state index < -0.39 is 5.97 Å². The molecule has 0 saturated carbocycles. The number of nitrogens with zero attached hydrogens (tertiary/aromatic N) is 1. The number of hydrogen-bond acceptors (Lipinski definition) is 7. The second kappa shape index (κ2) is 11.9. The van der Waals surface area contributed by atoms with E-state index in [0.29, 0.717) is 47.1 Å². The highest BCUT2D eigenvalue weighted by Crippen LogP contribution is 2.39. The Morgan fingerprint density at radius 2 is 1.47 bits per heavy atom. The summed E-state index contributed by atoms with van der Waals surface area (Å²) in [7, 11) is 4.53. The summed E-state index contributed by atoms with van der Waals surface area (Å²) < 4.78 is 27.7. The minimum absolute atomic E-state index is 0.0466. The van der Waals surface area contributed by atoms with Crippen LogP contribution in [-0.2, 0) is 11.2 Å². The Kier molecular flexibility index (Phi) is 8.41. The number of benzene rings is 3. The molecule has 0 aromatic heterocycles. The Hall–Kier alpha value is -4.20. The smallest absolute Gasteiger partial charge is 0.337 e. The quantitative estimate of drug-likeness (QED) is 0.364. The monoisotopic (exact) mass is 519 g/mol. The van der Waals surface area contributed by atoms with Crippen molar-refractivity contribution in [2.24, 2.45) is 0 Å². The third-order valence-electron chi connectivity index (χ3n) is 6.42. The van der Waals surface area contributed by atoms with Gasteiger partial charge < -0.3 is 28.6 Å². The standard InChI is InChI=1S/C30H33NO7/c1-19(2)38-24-12-6-20(7-13-24)29(32)31-15-14-22-16-27(34-3)28(35-4)17-25(22)26(31)18-37-23-10-8-21(9-11-23)30(33)36-5/h6-13,16-17,19,26H,14-15,18H2,1-5H3. The maximum absolute atomic E-state index is 13.7. The first kappa shape index (κ1) is 26.9. The van der Waals surface area contributed by atoms with Crippen LogP contribution in [0.4, 0.5) is 0 Å². The van der Waals surface area contributed by atoms with Crippen LogP contribution >= 0.6 is 0 Å². The Balaban J connectivity index is 1.63. The first-order chi connectivity index (χ1) is 18.3. The molecule has 0 spiro atoms. The molecule has 1 amide bonds. The first-order valence-corrected chi connectivity index (χ1v) is 12.5. The third kappa shape index (κ3) is 5.85. The summed E-state index contributed by atoms with van der Waals surface area (Å²) in [5, 5.41) is 0. The lowest BCUT2D eigenvalue weighted by Gasteiger charge is -2.37. The van der Waals surface area contributed by atoms with Gasteiger partial charge in [0.05, 0.1) is 39.0 Å². The lowest BCUT2D eigenvalue weighted by Crippen LogP contribution is -2.42. The highest BCUT2D eigenvalue weighted by molar-refractivity contribution is 5.95. The predicted molar refractivity (Wildman–Crippen MR) is 143 cm³/mol. The van der Waals surface area contributed by atoms with E-state index in [1.807, 2.05) is 43.0 Å². The van der Waals surface area contributed by atoms with Crippen molar-refractivity contribution in [2.75, 3.05) is 34.5 Å². The number of esters is 1. The maximum atomic E-state index is 13.7. The average molecular weight is 520 g/mol. The molecule has 0 radical (unpaired) electrons. The van der Waals surface area contributed by atoms with Gasteiger partial charge in [-0.3, -0.25) is 4.79 Å². The Morgan fingerprint density at radius 3 is 2.08 bits per heavy atom. The minimum Gasteiger partial charge on any atom is -0.493 e. The van der Waals surface area contributed by atoms with Crippen molar-refractivity contribution in [3.05, 3.63) is 82.9 Å². The summed E-state index contributed by atoms with van der Waals surface area (Å²) in [5.74, 6) is 2.00. The number of carbonyl (C=O) groups is 2. The molecule has 3 aromatic rings. The SMILES string of the molecule is COC(=O)c1ccc(OCC2c3cc(OC)c(OC)cc3CCN2C(=O)c2ccc(OC(C)C)cc2)cc1. The largest absolute Gasteiger partial charge is 0.493 e. The van der Waals surface area contributed by atoms with Gasteiger partial charge in [-0.1, -0.05) is 0 Å². The molecule has 200 valence electrons. The number of hydrogen-bond donors (Lipinski definition) is 0. The lowest BCUT2D eigenvalue weighted by molar-refractivity contribution is 0.0582. The number of carbonyl (C=O) groups excluding carboxylic acids is 2. The first-order valence-electron chi connectivity index (χ1n) is 12.5. The zero-order valence-corrected chi connectivity index (χ0v) is 22.4. The van der Waals surface area contributed by atoms with Gasteiger partial charge >= 0.3 is 5.97 Å². The van der Waals surface area contributed by atoms with E-state index in [4.69, 9.17) is 23.7 Å². The van der Waals surface area contributed by atoms with E-state index in [2.05, 4.69) is 0 Å². The van der Waals surface area contributed by atoms with Gasteiger partial charge in [-0.15, -0.1) is 0 Å². The fourth-order valence-corrected chi connectivity index (χ4v) is 4.55. The Labute approximate surface area is 223 Å². The van der Waals surface area contributed by atoms with E-state index >= 15 is 0 Å². The molecule has 1 atom stereocenters. The molecule has 1 heterocycles. The van der Waals surface area contributed by atoms with Gasteiger partial charge in [0.25, 0.3) is 5.91 Å². The van der Waals surface area contributed by atoms with E-state index in [1.54, 1.807) is 50.6 Å². The summed E-state index contributed by atoms with van der Waals surface area (Å²) in [6.07, 6.45) is 0.714. The van der Waals surface area contributed by atoms with Crippen molar-refractivity contribution in [1.82, 2.24) is 4.90 Å². The molecule has 0 fully saturated rings. The number of methoxy groups -OCH3 is 3. The topological polar surface area (TPSA) is 83.5 Å². The summed E-state index contributed by atoms with van der Waals surface area (Å²) in [6.45, 7) is 4.64. The van der Waals surface area contributed by atoms with Crippen LogP contribution in [0.1, 0.15) is 51.7 Å². The number of fused-ring (bicyclic) bond motifs is 1. The van der Waals surface area contributed by atoms with Crippen LogP contribution in [0.5, 0.6) is 23.0 Å². The normalized spacial score (nSPS) is 14.5. The molecule has 0 saturated heterocycles. The summed E-state index contributed by atoms with van der Waals surface area (Å²) >= 11 is 0. The molecule has 1 aliphatic heterocycles. The lowest BCUT2D eigenvalue weighted by atomic mass is 9.91. The van der Waals surface area contributed by atoms with Gasteiger partial charge in [0.1, 0.15) is 18.1 Å². The molecule has 1 aliphatic rings. The molecule has 0 bridgehead atoms. The van der Waals surface area contributed by atoms with Gasteiger partial charge in [-0.25, -0.2) is 4.79 Å². The van der Waals surface area contributed by atoms with E-state index in [1.165, 1.54) is 7.11 Å². The molecule has 8 heteroatoms. The van der Waals surface area contributed by atoms with E-state index in [9.17, 15) is 9.59 Å². The fraction of sp³-hybridized carbons (Fsp3) is 0.333. The molecule has 38 heavy (non-hydrogen) atoms. The molecule has 0 N–H and O–H groups in total. The molecule has 1 unspecified atom stereocenters. The van der Waals surface area contributed by atoms with Crippen LogP contribution in [-0.4, -0.2) is 57.4 Å². The van der Waals surface area contributed by atoms with Crippen molar-refractivity contribution in [2.45, 2.75) is 32.4 Å². The second-order valence-electron chi connectivity index (χ2n) is 9.19. The molecule has 0 aliphatic carbocycles. The Morgan fingerprint density at radius 1 is 0.868 bits per heavy atom. The van der Waals surface area contributed by atoms with Crippen LogP contribution in [0.25, 0.3) is 0 Å². The van der Waals surface area contributed by atoms with Crippen molar-refractivity contribution < 1.29 is 33.3 Å². The van der Waals surface area contributed by atoms with Gasteiger partial charge in [-0.05, 0) is 92.1 Å². The maximum Gasteiger partial charge on any atom is 0.337 e. The summed E-state index contributed by atoms with van der Waals surface area (Å²) in [6, 6.07) is 17.4. The van der Waals surface area contributed by atoms with Crippen molar-refractivity contribution in [1.29, 1.82) is 0 Å². The van der Waals surface area contributed by atoms with Crippen molar-refractivity contribution in [3.63, 3.8) is 0 Å². The molecular formula is C30H33NO7. The molecular weight excluding hydrogens is 486 g/mol. The van der Waals surface area contributed by atoms with Crippen molar-refractivity contribution >= 4 is 11.9 Å².